The van der Waals surface area contributed by atoms with E-state index in [1.54, 1.807) is 12.4 Å². The van der Waals surface area contributed by atoms with Crippen molar-refractivity contribution >= 4 is 11.6 Å². The van der Waals surface area contributed by atoms with E-state index in [-0.39, 0.29) is 5.91 Å². The number of carbonyl (C=O) groups is 1. The molecule has 0 spiro atoms. The highest BCUT2D eigenvalue weighted by Gasteiger charge is 2.03. The number of likely N-dealkylation sites (N-methyl/N-ethyl adjacent to an activating group) is 1. The molecule has 0 saturated carbocycles. The van der Waals surface area contributed by atoms with Crippen LogP contribution >= 0.6 is 0 Å². The molecule has 0 bridgehead atoms. The average Bonchev–Trinajstić information content (AvgIpc) is 2.54. The van der Waals surface area contributed by atoms with Crippen molar-refractivity contribution in [2.24, 2.45) is 0 Å². The van der Waals surface area contributed by atoms with Crippen LogP contribution in [0.2, 0.25) is 0 Å². The molecule has 0 atom stereocenters. The Labute approximate surface area is 125 Å². The molecule has 1 N–H and O–H groups in total. The van der Waals surface area contributed by atoms with Crippen LogP contribution in [-0.2, 0) is 11.2 Å². The fraction of sp³-hybridized carbons (Fsp3) is 0.294. The van der Waals surface area contributed by atoms with Crippen LogP contribution < -0.4 is 10.2 Å². The molecule has 4 heteroatoms. The Hall–Kier alpha value is -2.36. The molecule has 4 nitrogen and oxygen atoms in total. The number of anilines is 1. The van der Waals surface area contributed by atoms with E-state index in [2.05, 4.69) is 27.3 Å². The number of rotatable bonds is 7. The summed E-state index contributed by atoms with van der Waals surface area (Å²) in [7, 11) is 2.02. The van der Waals surface area contributed by atoms with Crippen molar-refractivity contribution in [3.8, 4) is 0 Å². The van der Waals surface area contributed by atoms with Gasteiger partial charge in [0.2, 0.25) is 5.91 Å². The second-order valence-electron chi connectivity index (χ2n) is 4.97. The zero-order valence-corrected chi connectivity index (χ0v) is 12.3. The molecule has 0 aliphatic heterocycles. The Morgan fingerprint density at radius 1 is 1.19 bits per heavy atom. The van der Waals surface area contributed by atoms with Crippen LogP contribution in [0.15, 0.2) is 54.9 Å². The highest BCUT2D eigenvalue weighted by molar-refractivity contribution is 5.76. The van der Waals surface area contributed by atoms with Gasteiger partial charge in [-0.3, -0.25) is 9.78 Å². The van der Waals surface area contributed by atoms with Gasteiger partial charge in [0.15, 0.2) is 0 Å². The van der Waals surface area contributed by atoms with Gasteiger partial charge in [-0.15, -0.1) is 0 Å². The van der Waals surface area contributed by atoms with Gasteiger partial charge in [-0.05, 0) is 30.2 Å². The van der Waals surface area contributed by atoms with Crippen molar-refractivity contribution in [2.75, 3.05) is 25.0 Å². The van der Waals surface area contributed by atoms with E-state index in [1.807, 2.05) is 37.4 Å². The Morgan fingerprint density at radius 2 is 2.00 bits per heavy atom. The zero-order valence-electron chi connectivity index (χ0n) is 12.3. The first-order chi connectivity index (χ1) is 10.3. The number of carbonyl (C=O) groups excluding carboxylic acids is 1. The number of aryl methyl sites for hydroxylation is 1. The lowest BCUT2D eigenvalue weighted by atomic mass is 10.1. The second-order valence-corrected chi connectivity index (χ2v) is 4.97. The van der Waals surface area contributed by atoms with E-state index in [0.29, 0.717) is 13.0 Å². The lowest BCUT2D eigenvalue weighted by molar-refractivity contribution is -0.120. The minimum atomic E-state index is 0.0836. The van der Waals surface area contributed by atoms with Crippen LogP contribution in [-0.4, -0.2) is 31.0 Å². The van der Waals surface area contributed by atoms with Crippen LogP contribution in [0.5, 0.6) is 0 Å². The molecule has 0 unspecified atom stereocenters. The van der Waals surface area contributed by atoms with Crippen molar-refractivity contribution in [1.82, 2.24) is 10.3 Å². The number of hydrogen-bond donors (Lipinski definition) is 1. The van der Waals surface area contributed by atoms with Gasteiger partial charge < -0.3 is 10.2 Å². The number of nitrogens with zero attached hydrogens (tertiary/aromatic N) is 2. The molecular formula is C17H21N3O. The SMILES string of the molecule is CN(CCNC(=O)CCc1cccnc1)c1ccccc1. The van der Waals surface area contributed by atoms with E-state index in [0.717, 1.165) is 24.2 Å². The van der Waals surface area contributed by atoms with Gasteiger partial charge in [-0.25, -0.2) is 0 Å². The summed E-state index contributed by atoms with van der Waals surface area (Å²) >= 11 is 0. The summed E-state index contributed by atoms with van der Waals surface area (Å²) in [5, 5.41) is 2.95. The van der Waals surface area contributed by atoms with Crippen LogP contribution in [0.1, 0.15) is 12.0 Å². The summed E-state index contributed by atoms with van der Waals surface area (Å²) in [5.41, 5.74) is 2.25. The quantitative estimate of drug-likeness (QED) is 0.848. The van der Waals surface area contributed by atoms with Crippen molar-refractivity contribution < 1.29 is 4.79 Å². The molecule has 1 aromatic heterocycles. The van der Waals surface area contributed by atoms with Crippen LogP contribution in [0.4, 0.5) is 5.69 Å². The number of benzene rings is 1. The molecule has 110 valence electrons. The molecule has 1 amide bonds. The molecule has 0 aliphatic carbocycles. The number of para-hydroxylation sites is 1. The summed E-state index contributed by atoms with van der Waals surface area (Å²) in [4.78, 5) is 18.0. The first-order valence-corrected chi connectivity index (χ1v) is 7.17. The molecule has 0 aliphatic rings. The number of hydrogen-bond acceptors (Lipinski definition) is 3. The second kappa shape index (κ2) is 8.04. The maximum Gasteiger partial charge on any atom is 0.220 e. The summed E-state index contributed by atoms with van der Waals surface area (Å²) < 4.78 is 0. The monoisotopic (exact) mass is 283 g/mol. The van der Waals surface area contributed by atoms with E-state index < -0.39 is 0 Å². The van der Waals surface area contributed by atoms with Gasteiger partial charge >= 0.3 is 0 Å². The van der Waals surface area contributed by atoms with Gasteiger partial charge in [0, 0.05) is 44.6 Å². The maximum absolute atomic E-state index is 11.8. The third-order valence-electron chi connectivity index (χ3n) is 3.33. The maximum atomic E-state index is 11.8. The minimum Gasteiger partial charge on any atom is -0.373 e. The molecule has 1 aromatic carbocycles. The van der Waals surface area contributed by atoms with Crippen molar-refractivity contribution in [3.63, 3.8) is 0 Å². The Kier molecular flexibility index (Phi) is 5.76. The highest BCUT2D eigenvalue weighted by Crippen LogP contribution is 2.09. The standard InChI is InChI=1S/C17H21N3O/c1-20(16-7-3-2-4-8-16)13-12-19-17(21)10-9-15-6-5-11-18-14-15/h2-8,11,14H,9-10,12-13H2,1H3,(H,19,21). The van der Waals surface area contributed by atoms with Crippen molar-refractivity contribution in [2.45, 2.75) is 12.8 Å². The predicted molar refractivity (Wildman–Crippen MR) is 85.3 cm³/mol. The molecule has 0 saturated heterocycles. The van der Waals surface area contributed by atoms with Gasteiger partial charge in [-0.1, -0.05) is 24.3 Å². The highest BCUT2D eigenvalue weighted by atomic mass is 16.1. The van der Waals surface area contributed by atoms with E-state index in [9.17, 15) is 4.79 Å². The summed E-state index contributed by atoms with van der Waals surface area (Å²) in [5.74, 6) is 0.0836. The lowest BCUT2D eigenvalue weighted by Crippen LogP contribution is -2.33. The van der Waals surface area contributed by atoms with E-state index in [4.69, 9.17) is 0 Å². The van der Waals surface area contributed by atoms with Crippen molar-refractivity contribution in [3.05, 3.63) is 60.4 Å². The third kappa shape index (κ3) is 5.26. The van der Waals surface area contributed by atoms with Gasteiger partial charge in [0.05, 0.1) is 0 Å². The molecule has 0 radical (unpaired) electrons. The van der Waals surface area contributed by atoms with Crippen LogP contribution in [0.3, 0.4) is 0 Å². The largest absolute Gasteiger partial charge is 0.373 e. The summed E-state index contributed by atoms with van der Waals surface area (Å²) in [6.07, 6.45) is 4.77. The Balaban J connectivity index is 1.65. The topological polar surface area (TPSA) is 45.2 Å². The molecule has 21 heavy (non-hydrogen) atoms. The van der Waals surface area contributed by atoms with Crippen LogP contribution in [0, 0.1) is 0 Å². The Bertz CT molecular complexity index is 542. The summed E-state index contributed by atoms with van der Waals surface area (Å²) in [6, 6.07) is 14.0. The fourth-order valence-electron chi connectivity index (χ4n) is 2.07. The van der Waals surface area contributed by atoms with Crippen molar-refractivity contribution in [1.29, 1.82) is 0 Å². The van der Waals surface area contributed by atoms with Crippen LogP contribution in [0.25, 0.3) is 0 Å². The van der Waals surface area contributed by atoms with E-state index >= 15 is 0 Å². The summed E-state index contributed by atoms with van der Waals surface area (Å²) in [6.45, 7) is 1.44. The fourth-order valence-corrected chi connectivity index (χ4v) is 2.07. The molecule has 2 aromatic rings. The number of aromatic nitrogens is 1. The van der Waals surface area contributed by atoms with Gasteiger partial charge in [0.1, 0.15) is 0 Å². The van der Waals surface area contributed by atoms with E-state index in [1.165, 1.54) is 0 Å². The molecule has 1 heterocycles. The molecule has 0 fully saturated rings. The molecular weight excluding hydrogens is 262 g/mol. The first-order valence-electron chi connectivity index (χ1n) is 7.17. The van der Waals surface area contributed by atoms with Gasteiger partial charge in [0.25, 0.3) is 0 Å². The number of pyridine rings is 1. The lowest BCUT2D eigenvalue weighted by Gasteiger charge is -2.19. The first kappa shape index (κ1) is 15.0. The number of amides is 1. The molecule has 2 rings (SSSR count). The Morgan fingerprint density at radius 3 is 2.71 bits per heavy atom. The minimum absolute atomic E-state index is 0.0836. The predicted octanol–water partition coefficient (Wildman–Crippen LogP) is 2.27. The average molecular weight is 283 g/mol. The van der Waals surface area contributed by atoms with Gasteiger partial charge in [-0.2, -0.15) is 0 Å². The normalized spacial score (nSPS) is 10.1. The number of nitrogens with one attached hydrogen (secondary N) is 1. The third-order valence-corrected chi connectivity index (χ3v) is 3.33. The smallest absolute Gasteiger partial charge is 0.220 e. The zero-order chi connectivity index (χ0) is 14.9.